The Morgan fingerprint density at radius 2 is 2.09 bits per heavy atom. The van der Waals surface area contributed by atoms with Crippen molar-refractivity contribution in [1.29, 1.82) is 0 Å². The minimum Gasteiger partial charge on any atom is -0.381 e. The molecule has 0 radical (unpaired) electrons. The molecule has 0 spiro atoms. The third kappa shape index (κ3) is 3.57. The maximum Gasteiger partial charge on any atom is 0.126 e. The molecule has 3 rings (SSSR count). The number of hydrogen-bond donors (Lipinski definition) is 1. The summed E-state index contributed by atoms with van der Waals surface area (Å²) in [6.07, 6.45) is 2.27. The van der Waals surface area contributed by atoms with Gasteiger partial charge in [0.15, 0.2) is 0 Å². The summed E-state index contributed by atoms with van der Waals surface area (Å²) in [7, 11) is 2.11. The van der Waals surface area contributed by atoms with Crippen molar-refractivity contribution in [2.45, 2.75) is 37.5 Å². The number of imidazole rings is 1. The van der Waals surface area contributed by atoms with E-state index in [-0.39, 0.29) is 6.04 Å². The molecule has 126 valence electrons. The number of nitrogens with zero attached hydrogens (tertiary/aromatic N) is 2. The number of ether oxygens (including phenoxy) is 1. The predicted octanol–water partition coefficient (Wildman–Crippen LogP) is 3.53. The van der Waals surface area contributed by atoms with Crippen molar-refractivity contribution in [3.05, 3.63) is 30.1 Å². The van der Waals surface area contributed by atoms with Crippen LogP contribution in [0.15, 0.2) is 24.3 Å². The summed E-state index contributed by atoms with van der Waals surface area (Å²) in [5.41, 5.74) is 2.27. The Morgan fingerprint density at radius 3 is 2.78 bits per heavy atom. The van der Waals surface area contributed by atoms with Gasteiger partial charge in [-0.2, -0.15) is 11.8 Å². The van der Waals surface area contributed by atoms with Gasteiger partial charge in [-0.15, -0.1) is 0 Å². The fourth-order valence-corrected chi connectivity index (χ4v) is 4.66. The zero-order chi connectivity index (χ0) is 16.3. The number of aryl methyl sites for hydroxylation is 1. The summed E-state index contributed by atoms with van der Waals surface area (Å²) < 4.78 is 8.08. The highest BCUT2D eigenvalue weighted by Gasteiger charge is 2.33. The van der Waals surface area contributed by atoms with Crippen LogP contribution in [0.4, 0.5) is 0 Å². The van der Waals surface area contributed by atoms with E-state index >= 15 is 0 Å². The van der Waals surface area contributed by atoms with Gasteiger partial charge in [-0.05, 0) is 37.7 Å². The molecule has 1 fully saturated rings. The van der Waals surface area contributed by atoms with E-state index in [2.05, 4.69) is 60.7 Å². The number of para-hydroxylation sites is 2. The number of fused-ring (bicyclic) bond motifs is 1. The molecule has 1 N–H and O–H groups in total. The van der Waals surface area contributed by atoms with Crippen LogP contribution in [0.5, 0.6) is 0 Å². The second-order valence-electron chi connectivity index (χ2n) is 6.35. The summed E-state index contributed by atoms with van der Waals surface area (Å²) in [6.45, 7) is 7.24. The zero-order valence-electron chi connectivity index (χ0n) is 14.3. The maximum atomic E-state index is 5.56. The lowest BCUT2D eigenvalue weighted by atomic mass is 9.98. The van der Waals surface area contributed by atoms with Crippen molar-refractivity contribution in [3.8, 4) is 0 Å². The van der Waals surface area contributed by atoms with Gasteiger partial charge in [-0.1, -0.05) is 19.1 Å². The number of hydrogen-bond acceptors (Lipinski definition) is 4. The van der Waals surface area contributed by atoms with E-state index in [9.17, 15) is 0 Å². The molecule has 1 aromatic heterocycles. The van der Waals surface area contributed by atoms with Crippen molar-refractivity contribution < 1.29 is 4.74 Å². The number of thioether (sulfide) groups is 1. The van der Waals surface area contributed by atoms with Crippen LogP contribution < -0.4 is 5.32 Å². The summed E-state index contributed by atoms with van der Waals surface area (Å²) in [4.78, 5) is 4.81. The Morgan fingerprint density at radius 1 is 1.35 bits per heavy atom. The molecule has 1 saturated heterocycles. The highest BCUT2D eigenvalue weighted by atomic mass is 32.2. The topological polar surface area (TPSA) is 39.1 Å². The van der Waals surface area contributed by atoms with Crippen LogP contribution in [0.2, 0.25) is 0 Å². The van der Waals surface area contributed by atoms with E-state index < -0.39 is 0 Å². The standard InChI is InChI=1S/C18H27N3OS/c1-4-23-18(9-11-22-12-10-18)13-19-14(2)17-20-15-7-5-6-8-16(15)21(17)3/h5-8,14,19H,4,9-13H2,1-3H3/t14-/m0/s1. The average Bonchev–Trinajstić information content (AvgIpc) is 2.91. The van der Waals surface area contributed by atoms with E-state index in [1.54, 1.807) is 0 Å². The van der Waals surface area contributed by atoms with Crippen molar-refractivity contribution in [1.82, 2.24) is 14.9 Å². The largest absolute Gasteiger partial charge is 0.381 e. The second kappa shape index (κ2) is 7.24. The molecule has 0 saturated carbocycles. The van der Waals surface area contributed by atoms with Gasteiger partial charge in [0, 0.05) is 31.6 Å². The normalized spacial score (nSPS) is 19.1. The summed E-state index contributed by atoms with van der Waals surface area (Å²) in [5.74, 6) is 2.26. The monoisotopic (exact) mass is 333 g/mol. The maximum absolute atomic E-state index is 5.56. The number of aromatic nitrogens is 2. The Hall–Kier alpha value is -1.04. The third-order valence-corrected chi connectivity index (χ3v) is 6.25. The molecular formula is C18H27N3OS. The number of rotatable bonds is 6. The molecule has 5 heteroatoms. The molecule has 1 aromatic carbocycles. The third-order valence-electron chi connectivity index (χ3n) is 4.79. The fraction of sp³-hybridized carbons (Fsp3) is 0.611. The van der Waals surface area contributed by atoms with Crippen LogP contribution in [0.3, 0.4) is 0 Å². The van der Waals surface area contributed by atoms with Gasteiger partial charge in [-0.25, -0.2) is 4.98 Å². The van der Waals surface area contributed by atoms with E-state index in [4.69, 9.17) is 9.72 Å². The molecule has 2 heterocycles. The molecule has 1 aliphatic rings. The number of benzene rings is 1. The molecule has 4 nitrogen and oxygen atoms in total. The molecular weight excluding hydrogens is 306 g/mol. The predicted molar refractivity (Wildman–Crippen MR) is 98.0 cm³/mol. The van der Waals surface area contributed by atoms with Crippen molar-refractivity contribution in [2.24, 2.45) is 7.05 Å². The van der Waals surface area contributed by atoms with E-state index in [1.807, 2.05) is 6.07 Å². The minimum absolute atomic E-state index is 0.240. The fourth-order valence-electron chi connectivity index (χ4n) is 3.40. The summed E-state index contributed by atoms with van der Waals surface area (Å²) in [5, 5.41) is 3.74. The van der Waals surface area contributed by atoms with Gasteiger partial charge in [-0.3, -0.25) is 0 Å². The lowest BCUT2D eigenvalue weighted by Crippen LogP contribution is -2.43. The number of nitrogens with one attached hydrogen (secondary N) is 1. The molecule has 0 unspecified atom stereocenters. The first-order valence-electron chi connectivity index (χ1n) is 8.52. The highest BCUT2D eigenvalue weighted by Crippen LogP contribution is 2.35. The molecule has 23 heavy (non-hydrogen) atoms. The first-order chi connectivity index (χ1) is 11.2. The summed E-state index contributed by atoms with van der Waals surface area (Å²) in [6, 6.07) is 8.57. The first kappa shape index (κ1) is 16.8. The summed E-state index contributed by atoms with van der Waals surface area (Å²) >= 11 is 2.08. The lowest BCUT2D eigenvalue weighted by molar-refractivity contribution is 0.0765. The van der Waals surface area contributed by atoms with Crippen LogP contribution in [0, 0.1) is 0 Å². The van der Waals surface area contributed by atoms with Gasteiger partial charge in [0.25, 0.3) is 0 Å². The molecule has 0 bridgehead atoms. The molecule has 0 amide bonds. The van der Waals surface area contributed by atoms with Gasteiger partial charge in [0.2, 0.25) is 0 Å². The van der Waals surface area contributed by atoms with Crippen LogP contribution >= 0.6 is 11.8 Å². The zero-order valence-corrected chi connectivity index (χ0v) is 15.2. The Kier molecular flexibility index (Phi) is 5.29. The van der Waals surface area contributed by atoms with Crippen molar-refractivity contribution in [2.75, 3.05) is 25.5 Å². The smallest absolute Gasteiger partial charge is 0.126 e. The van der Waals surface area contributed by atoms with Gasteiger partial charge in [0.05, 0.1) is 17.1 Å². The Bertz CT molecular complexity index is 643. The van der Waals surface area contributed by atoms with Crippen molar-refractivity contribution >= 4 is 22.8 Å². The van der Waals surface area contributed by atoms with Crippen LogP contribution in [0.25, 0.3) is 11.0 Å². The van der Waals surface area contributed by atoms with Gasteiger partial charge >= 0.3 is 0 Å². The SMILES string of the molecule is CCSC1(CN[C@@H](C)c2nc3ccccc3n2C)CCOCC1. The quantitative estimate of drug-likeness (QED) is 0.878. The molecule has 1 atom stereocenters. The van der Waals surface area contributed by atoms with E-state index in [0.29, 0.717) is 4.75 Å². The second-order valence-corrected chi connectivity index (χ2v) is 8.08. The Balaban J connectivity index is 1.72. The lowest BCUT2D eigenvalue weighted by Gasteiger charge is -2.37. The molecule has 0 aliphatic carbocycles. The van der Waals surface area contributed by atoms with Crippen LogP contribution in [0.1, 0.15) is 38.6 Å². The van der Waals surface area contributed by atoms with Gasteiger partial charge in [0.1, 0.15) is 5.82 Å². The van der Waals surface area contributed by atoms with Crippen molar-refractivity contribution in [3.63, 3.8) is 0 Å². The molecule has 2 aromatic rings. The Labute approximate surface area is 143 Å². The van der Waals surface area contributed by atoms with Crippen LogP contribution in [-0.4, -0.2) is 39.8 Å². The average molecular weight is 334 g/mol. The van der Waals surface area contributed by atoms with E-state index in [0.717, 1.165) is 49.7 Å². The molecule has 1 aliphatic heterocycles. The highest BCUT2D eigenvalue weighted by molar-refractivity contribution is 8.00. The van der Waals surface area contributed by atoms with E-state index in [1.165, 1.54) is 5.52 Å². The first-order valence-corrected chi connectivity index (χ1v) is 9.50. The minimum atomic E-state index is 0.240. The van der Waals surface area contributed by atoms with Crippen LogP contribution in [-0.2, 0) is 11.8 Å². The van der Waals surface area contributed by atoms with Gasteiger partial charge < -0.3 is 14.6 Å².